The first-order valence-electron chi connectivity index (χ1n) is 9.86. The van der Waals surface area contributed by atoms with Gasteiger partial charge >= 0.3 is 0 Å². The normalized spacial score (nSPS) is 24.2. The lowest BCUT2D eigenvalue weighted by atomic mass is 9.82. The van der Waals surface area contributed by atoms with Crippen LogP contribution in [0.4, 0.5) is 0 Å². The predicted octanol–water partition coefficient (Wildman–Crippen LogP) is 4.07. The number of carbonyl (C=O) groups is 1. The third-order valence-electron chi connectivity index (χ3n) is 6.00. The zero-order chi connectivity index (χ0) is 20.7. The summed E-state index contributed by atoms with van der Waals surface area (Å²) in [6.07, 6.45) is 1.70. The minimum Gasteiger partial charge on any atom is -0.292 e. The predicted molar refractivity (Wildman–Crippen MR) is 113 cm³/mol. The SMILES string of the molecule is O=C(c1ccccc1)[C@@H]1[C@@H](c2ccccc2)[C@H]([N+](=O)[O-])[C@@H]2c3ccccc3C=NN12. The van der Waals surface area contributed by atoms with Gasteiger partial charge < -0.3 is 0 Å². The number of benzene rings is 3. The van der Waals surface area contributed by atoms with E-state index in [0.29, 0.717) is 5.56 Å². The maximum Gasteiger partial charge on any atom is 0.248 e. The number of hydrazone groups is 1. The number of rotatable bonds is 4. The first-order chi connectivity index (χ1) is 14.7. The molecule has 0 aromatic heterocycles. The van der Waals surface area contributed by atoms with Crippen molar-refractivity contribution in [3.05, 3.63) is 117 Å². The first kappa shape index (κ1) is 18.2. The van der Waals surface area contributed by atoms with E-state index in [-0.39, 0.29) is 10.7 Å². The van der Waals surface area contributed by atoms with E-state index in [4.69, 9.17) is 0 Å². The van der Waals surface area contributed by atoms with Crippen LogP contribution in [0.3, 0.4) is 0 Å². The minimum absolute atomic E-state index is 0.157. The van der Waals surface area contributed by atoms with Gasteiger partial charge in [0.25, 0.3) is 0 Å². The van der Waals surface area contributed by atoms with Crippen molar-refractivity contribution in [1.82, 2.24) is 5.01 Å². The molecule has 3 aromatic rings. The van der Waals surface area contributed by atoms with Crippen LogP contribution in [0.1, 0.15) is 39.0 Å². The maximum atomic E-state index is 13.6. The highest BCUT2D eigenvalue weighted by Gasteiger charge is 2.60. The molecule has 1 saturated heterocycles. The summed E-state index contributed by atoms with van der Waals surface area (Å²) in [7, 11) is 0. The molecule has 2 heterocycles. The molecule has 0 radical (unpaired) electrons. The zero-order valence-corrected chi connectivity index (χ0v) is 16.0. The lowest BCUT2D eigenvalue weighted by molar-refractivity contribution is -0.529. The average molecular weight is 397 g/mol. The molecule has 5 rings (SSSR count). The number of fused-ring (bicyclic) bond motifs is 3. The topological polar surface area (TPSA) is 75.8 Å². The average Bonchev–Trinajstić information content (AvgIpc) is 3.16. The molecule has 3 aromatic carbocycles. The number of hydrogen-bond donors (Lipinski definition) is 0. The number of Topliss-reactive ketones (excluding diaryl/α,β-unsaturated/α-hetero) is 1. The molecular weight excluding hydrogens is 378 g/mol. The maximum absolute atomic E-state index is 13.6. The molecule has 0 spiro atoms. The van der Waals surface area contributed by atoms with Crippen molar-refractivity contribution < 1.29 is 9.72 Å². The lowest BCUT2D eigenvalue weighted by Gasteiger charge is -2.30. The third kappa shape index (κ3) is 2.80. The van der Waals surface area contributed by atoms with E-state index in [1.54, 1.807) is 35.5 Å². The Morgan fingerprint density at radius 1 is 0.900 bits per heavy atom. The summed E-state index contributed by atoms with van der Waals surface area (Å²) < 4.78 is 0. The van der Waals surface area contributed by atoms with Crippen molar-refractivity contribution in [1.29, 1.82) is 0 Å². The Hall–Kier alpha value is -3.80. The van der Waals surface area contributed by atoms with Gasteiger partial charge in [0, 0.05) is 16.1 Å². The number of nitrogens with zero attached hydrogens (tertiary/aromatic N) is 3. The van der Waals surface area contributed by atoms with Gasteiger partial charge in [0.2, 0.25) is 6.04 Å². The van der Waals surface area contributed by atoms with Crippen LogP contribution in [0.25, 0.3) is 0 Å². The Bertz CT molecular complexity index is 1130. The second kappa shape index (κ2) is 7.22. The van der Waals surface area contributed by atoms with E-state index in [0.717, 1.165) is 16.7 Å². The van der Waals surface area contributed by atoms with Crippen LogP contribution in [0, 0.1) is 10.1 Å². The van der Waals surface area contributed by atoms with Crippen molar-refractivity contribution in [2.45, 2.75) is 24.0 Å². The van der Waals surface area contributed by atoms with E-state index < -0.39 is 24.0 Å². The Labute approximate surface area is 173 Å². The number of hydrogen-bond acceptors (Lipinski definition) is 5. The number of carbonyl (C=O) groups excluding carboxylic acids is 1. The second-order valence-electron chi connectivity index (χ2n) is 7.59. The van der Waals surface area contributed by atoms with Crippen LogP contribution >= 0.6 is 0 Å². The Kier molecular flexibility index (Phi) is 4.39. The summed E-state index contributed by atoms with van der Waals surface area (Å²) in [5, 5.41) is 18.6. The molecule has 0 unspecified atom stereocenters. The molecule has 4 atom stereocenters. The van der Waals surface area contributed by atoms with E-state index in [1.165, 1.54) is 0 Å². The summed E-state index contributed by atoms with van der Waals surface area (Å²) >= 11 is 0. The molecule has 0 N–H and O–H groups in total. The van der Waals surface area contributed by atoms with Crippen LogP contribution in [0.15, 0.2) is 90.0 Å². The fourth-order valence-electron chi connectivity index (χ4n) is 4.73. The van der Waals surface area contributed by atoms with E-state index in [1.807, 2.05) is 60.7 Å². The smallest absolute Gasteiger partial charge is 0.248 e. The highest BCUT2D eigenvalue weighted by molar-refractivity contribution is 6.01. The molecule has 0 amide bonds. The van der Waals surface area contributed by atoms with E-state index in [9.17, 15) is 14.9 Å². The molecule has 0 bridgehead atoms. The van der Waals surface area contributed by atoms with Gasteiger partial charge in [-0.2, -0.15) is 5.10 Å². The summed E-state index contributed by atoms with van der Waals surface area (Å²) in [5.41, 5.74) is 2.99. The van der Waals surface area contributed by atoms with Crippen molar-refractivity contribution in [3.63, 3.8) is 0 Å². The highest BCUT2D eigenvalue weighted by atomic mass is 16.6. The Morgan fingerprint density at radius 2 is 1.53 bits per heavy atom. The molecule has 148 valence electrons. The standard InChI is InChI=1S/C24H19N3O3/c28-24(17-11-5-2-6-12-17)23-20(16-9-3-1-4-10-16)22(27(29)30)21-19-14-8-7-13-18(19)15-25-26(21)23/h1-15,20-23H/t20-,21-,22-,23-/m0/s1. The van der Waals surface area contributed by atoms with Gasteiger partial charge in [0.05, 0.1) is 12.1 Å². The Balaban J connectivity index is 1.71. The van der Waals surface area contributed by atoms with Crippen molar-refractivity contribution in [2.24, 2.45) is 5.10 Å². The Morgan fingerprint density at radius 3 is 2.23 bits per heavy atom. The molecule has 1 fully saturated rings. The van der Waals surface area contributed by atoms with Crippen LogP contribution in [-0.2, 0) is 0 Å². The number of ketones is 1. The molecule has 6 heteroatoms. The fourth-order valence-corrected chi connectivity index (χ4v) is 4.73. The van der Waals surface area contributed by atoms with Gasteiger partial charge in [-0.25, -0.2) is 0 Å². The largest absolute Gasteiger partial charge is 0.292 e. The second-order valence-corrected chi connectivity index (χ2v) is 7.59. The molecule has 2 aliphatic rings. The van der Waals surface area contributed by atoms with Gasteiger partial charge in [-0.1, -0.05) is 84.9 Å². The monoisotopic (exact) mass is 397 g/mol. The molecule has 0 aliphatic carbocycles. The van der Waals surface area contributed by atoms with Crippen molar-refractivity contribution in [3.8, 4) is 0 Å². The minimum atomic E-state index is -0.997. The summed E-state index contributed by atoms with van der Waals surface area (Å²) in [5.74, 6) is -0.780. The van der Waals surface area contributed by atoms with Gasteiger partial charge in [-0.05, 0) is 11.1 Å². The summed E-state index contributed by atoms with van der Waals surface area (Å²) in [4.78, 5) is 25.8. The van der Waals surface area contributed by atoms with Crippen LogP contribution in [0.2, 0.25) is 0 Å². The van der Waals surface area contributed by atoms with Gasteiger partial charge in [0.1, 0.15) is 12.1 Å². The highest BCUT2D eigenvalue weighted by Crippen LogP contribution is 2.49. The van der Waals surface area contributed by atoms with E-state index in [2.05, 4.69) is 5.10 Å². The van der Waals surface area contributed by atoms with Crippen LogP contribution in [-0.4, -0.2) is 34.0 Å². The molecule has 6 nitrogen and oxygen atoms in total. The third-order valence-corrected chi connectivity index (χ3v) is 6.00. The molecule has 0 saturated carbocycles. The van der Waals surface area contributed by atoms with E-state index >= 15 is 0 Å². The van der Waals surface area contributed by atoms with Gasteiger partial charge in [-0.15, -0.1) is 0 Å². The summed E-state index contributed by atoms with van der Waals surface area (Å²) in [6.45, 7) is 0. The molecule has 30 heavy (non-hydrogen) atoms. The summed E-state index contributed by atoms with van der Waals surface area (Å²) in [6, 6.07) is 23.4. The lowest BCUT2D eigenvalue weighted by Crippen LogP contribution is -2.38. The number of nitro groups is 1. The van der Waals surface area contributed by atoms with Gasteiger partial charge in [0.15, 0.2) is 5.78 Å². The van der Waals surface area contributed by atoms with Crippen molar-refractivity contribution in [2.75, 3.05) is 0 Å². The first-order valence-corrected chi connectivity index (χ1v) is 9.86. The zero-order valence-electron chi connectivity index (χ0n) is 16.0. The van der Waals surface area contributed by atoms with Gasteiger partial charge in [-0.3, -0.25) is 19.9 Å². The van der Waals surface area contributed by atoms with Crippen LogP contribution < -0.4 is 0 Å². The molecule has 2 aliphatic heterocycles. The quantitative estimate of drug-likeness (QED) is 0.378. The van der Waals surface area contributed by atoms with Crippen LogP contribution in [0.5, 0.6) is 0 Å². The fraction of sp³-hybridized carbons (Fsp3) is 0.167. The van der Waals surface area contributed by atoms with Crippen molar-refractivity contribution >= 4 is 12.0 Å². The molecular formula is C24H19N3O3.